The largest absolute Gasteiger partial charge is 0.493 e. The summed E-state index contributed by atoms with van der Waals surface area (Å²) >= 11 is 0. The van der Waals surface area contributed by atoms with Gasteiger partial charge in [0, 0.05) is 13.0 Å². The Balaban J connectivity index is 2.03. The second kappa shape index (κ2) is 6.49. The lowest BCUT2D eigenvalue weighted by Gasteiger charge is -2.44. The number of rotatable bonds is 3. The standard InChI is InChI=1S/C24H29NO4/c1-22(2,3)24(27)15-23(17-9-7-6-8-10-17)18-14-20(29-5)19(28-4)13-16(18)11-12-25(23)21(24)26/h6-10,13-14,27H,11-12,15H2,1-5H3/t23-,24+/m1/s1. The van der Waals surface area contributed by atoms with Crippen LogP contribution in [0.2, 0.25) is 0 Å². The first kappa shape index (κ1) is 19.8. The van der Waals surface area contributed by atoms with E-state index in [-0.39, 0.29) is 5.91 Å². The van der Waals surface area contributed by atoms with Crippen LogP contribution < -0.4 is 9.47 Å². The molecule has 1 N–H and O–H groups in total. The number of hydrogen-bond donors (Lipinski definition) is 1. The summed E-state index contributed by atoms with van der Waals surface area (Å²) in [5.41, 5.74) is 0.321. The molecule has 0 saturated carbocycles. The minimum Gasteiger partial charge on any atom is -0.493 e. The molecule has 5 nitrogen and oxygen atoms in total. The van der Waals surface area contributed by atoms with Gasteiger partial charge in [-0.3, -0.25) is 4.79 Å². The number of carbonyl (C=O) groups is 1. The third-order valence-electron chi connectivity index (χ3n) is 6.72. The van der Waals surface area contributed by atoms with E-state index in [0.29, 0.717) is 30.9 Å². The molecule has 2 aromatic rings. The fourth-order valence-electron chi connectivity index (χ4n) is 4.93. The van der Waals surface area contributed by atoms with E-state index < -0.39 is 16.6 Å². The van der Waals surface area contributed by atoms with Crippen molar-refractivity contribution in [3.8, 4) is 11.5 Å². The van der Waals surface area contributed by atoms with E-state index in [4.69, 9.17) is 9.47 Å². The van der Waals surface area contributed by atoms with E-state index in [0.717, 1.165) is 16.7 Å². The van der Waals surface area contributed by atoms with Crippen LogP contribution in [0.25, 0.3) is 0 Å². The van der Waals surface area contributed by atoms with Crippen molar-refractivity contribution in [3.05, 3.63) is 59.2 Å². The quantitative estimate of drug-likeness (QED) is 0.864. The van der Waals surface area contributed by atoms with Gasteiger partial charge in [0.15, 0.2) is 17.1 Å². The predicted molar refractivity (Wildman–Crippen MR) is 111 cm³/mol. The average molecular weight is 395 g/mol. The van der Waals surface area contributed by atoms with Gasteiger partial charge in [-0.05, 0) is 40.7 Å². The van der Waals surface area contributed by atoms with Crippen molar-refractivity contribution in [2.75, 3.05) is 20.8 Å². The molecule has 1 amide bonds. The van der Waals surface area contributed by atoms with Crippen LogP contribution in [0.3, 0.4) is 0 Å². The molecule has 2 atom stereocenters. The Hall–Kier alpha value is -2.53. The maximum absolute atomic E-state index is 13.6. The Labute approximate surface area is 172 Å². The van der Waals surface area contributed by atoms with Crippen LogP contribution in [-0.4, -0.2) is 42.3 Å². The summed E-state index contributed by atoms with van der Waals surface area (Å²) < 4.78 is 11.1. The summed E-state index contributed by atoms with van der Waals surface area (Å²) in [4.78, 5) is 15.5. The van der Waals surface area contributed by atoms with Crippen LogP contribution in [0.15, 0.2) is 42.5 Å². The fraction of sp³-hybridized carbons (Fsp3) is 0.458. The minimum absolute atomic E-state index is 0.200. The molecule has 0 unspecified atom stereocenters. The summed E-state index contributed by atoms with van der Waals surface area (Å²) in [7, 11) is 3.25. The molecule has 5 heteroatoms. The molecule has 0 radical (unpaired) electrons. The molecular weight excluding hydrogens is 366 g/mol. The van der Waals surface area contributed by atoms with Crippen LogP contribution in [-0.2, 0) is 16.8 Å². The van der Waals surface area contributed by atoms with E-state index in [1.165, 1.54) is 0 Å². The van der Waals surface area contributed by atoms with E-state index in [9.17, 15) is 9.90 Å². The second-order valence-corrected chi connectivity index (χ2v) is 9.08. The van der Waals surface area contributed by atoms with E-state index in [1.807, 2.05) is 68.1 Å². The molecule has 29 heavy (non-hydrogen) atoms. The number of aliphatic hydroxyl groups is 1. The van der Waals surface area contributed by atoms with E-state index >= 15 is 0 Å². The van der Waals surface area contributed by atoms with Crippen LogP contribution in [0.4, 0.5) is 0 Å². The summed E-state index contributed by atoms with van der Waals surface area (Å²) in [5.74, 6) is 1.11. The highest BCUT2D eigenvalue weighted by molar-refractivity contribution is 5.91. The number of carbonyl (C=O) groups excluding carboxylic acids is 1. The van der Waals surface area contributed by atoms with Gasteiger partial charge < -0.3 is 19.5 Å². The van der Waals surface area contributed by atoms with Crippen molar-refractivity contribution in [1.29, 1.82) is 0 Å². The number of methoxy groups -OCH3 is 2. The number of ether oxygens (including phenoxy) is 2. The van der Waals surface area contributed by atoms with Crippen LogP contribution in [0.1, 0.15) is 43.9 Å². The van der Waals surface area contributed by atoms with Gasteiger partial charge in [0.05, 0.1) is 19.8 Å². The van der Waals surface area contributed by atoms with Crippen molar-refractivity contribution in [3.63, 3.8) is 0 Å². The van der Waals surface area contributed by atoms with Crippen molar-refractivity contribution in [2.24, 2.45) is 5.41 Å². The predicted octanol–water partition coefficient (Wildman–Crippen LogP) is 3.51. The first-order valence-electron chi connectivity index (χ1n) is 10.0. The SMILES string of the molecule is COc1cc2c(cc1OC)[C@]1(c3ccccc3)C[C@@](O)(C(C)(C)C)C(=O)N1CC2. The van der Waals surface area contributed by atoms with E-state index in [1.54, 1.807) is 14.2 Å². The number of benzene rings is 2. The highest BCUT2D eigenvalue weighted by atomic mass is 16.5. The van der Waals surface area contributed by atoms with Crippen LogP contribution >= 0.6 is 0 Å². The minimum atomic E-state index is -1.46. The molecule has 154 valence electrons. The van der Waals surface area contributed by atoms with Gasteiger partial charge >= 0.3 is 0 Å². The third kappa shape index (κ3) is 2.60. The van der Waals surface area contributed by atoms with Crippen molar-refractivity contribution in [2.45, 2.75) is 44.8 Å². The second-order valence-electron chi connectivity index (χ2n) is 9.08. The van der Waals surface area contributed by atoms with Gasteiger partial charge in [-0.2, -0.15) is 0 Å². The molecule has 4 rings (SSSR count). The number of hydrogen-bond acceptors (Lipinski definition) is 4. The summed E-state index contributed by atoms with van der Waals surface area (Å²) in [6.45, 7) is 6.33. The molecule has 2 aliphatic heterocycles. The maximum Gasteiger partial charge on any atom is 0.256 e. The Kier molecular flexibility index (Phi) is 4.43. The Morgan fingerprint density at radius 3 is 2.24 bits per heavy atom. The number of fused-ring (bicyclic) bond motifs is 3. The van der Waals surface area contributed by atoms with Gasteiger partial charge in [0.25, 0.3) is 5.91 Å². The fourth-order valence-corrected chi connectivity index (χ4v) is 4.93. The lowest BCUT2D eigenvalue weighted by molar-refractivity contribution is -0.154. The van der Waals surface area contributed by atoms with Gasteiger partial charge in [-0.25, -0.2) is 0 Å². The van der Waals surface area contributed by atoms with Crippen LogP contribution in [0, 0.1) is 5.41 Å². The molecule has 0 spiro atoms. The highest BCUT2D eigenvalue weighted by Crippen LogP contribution is 2.57. The lowest BCUT2D eigenvalue weighted by Crippen LogP contribution is -2.51. The molecular formula is C24H29NO4. The van der Waals surface area contributed by atoms with Gasteiger partial charge in [0.1, 0.15) is 0 Å². The first-order chi connectivity index (χ1) is 13.7. The zero-order chi connectivity index (χ0) is 21.0. The monoisotopic (exact) mass is 395 g/mol. The molecule has 2 heterocycles. The molecule has 2 aromatic carbocycles. The van der Waals surface area contributed by atoms with Gasteiger partial charge in [-0.1, -0.05) is 51.1 Å². The average Bonchev–Trinajstić information content (AvgIpc) is 2.96. The summed E-state index contributed by atoms with van der Waals surface area (Å²) in [6, 6.07) is 14.0. The number of nitrogens with zero attached hydrogens (tertiary/aromatic N) is 1. The normalized spacial score (nSPS) is 26.1. The Morgan fingerprint density at radius 1 is 1.03 bits per heavy atom. The lowest BCUT2D eigenvalue weighted by atomic mass is 9.68. The van der Waals surface area contributed by atoms with Crippen LogP contribution in [0.5, 0.6) is 11.5 Å². The smallest absolute Gasteiger partial charge is 0.256 e. The van der Waals surface area contributed by atoms with Crippen molar-refractivity contribution in [1.82, 2.24) is 4.90 Å². The molecule has 1 saturated heterocycles. The molecule has 0 bridgehead atoms. The van der Waals surface area contributed by atoms with E-state index in [2.05, 4.69) is 0 Å². The Morgan fingerprint density at radius 2 is 1.66 bits per heavy atom. The molecule has 0 aliphatic carbocycles. The Bertz CT molecular complexity index is 949. The highest BCUT2D eigenvalue weighted by Gasteiger charge is 2.65. The number of amides is 1. The molecule has 0 aromatic heterocycles. The zero-order valence-corrected chi connectivity index (χ0v) is 17.8. The maximum atomic E-state index is 13.6. The summed E-state index contributed by atoms with van der Waals surface area (Å²) in [5, 5.41) is 11.7. The zero-order valence-electron chi connectivity index (χ0n) is 17.8. The van der Waals surface area contributed by atoms with Crippen molar-refractivity contribution < 1.29 is 19.4 Å². The van der Waals surface area contributed by atoms with Gasteiger partial charge in [0.2, 0.25) is 0 Å². The molecule has 1 fully saturated rings. The topological polar surface area (TPSA) is 59.0 Å². The third-order valence-corrected chi connectivity index (χ3v) is 6.72. The first-order valence-corrected chi connectivity index (χ1v) is 10.0. The summed E-state index contributed by atoms with van der Waals surface area (Å²) in [6.07, 6.45) is 1.01. The molecule has 2 aliphatic rings. The van der Waals surface area contributed by atoms with Gasteiger partial charge in [-0.15, -0.1) is 0 Å². The van der Waals surface area contributed by atoms with Crippen molar-refractivity contribution >= 4 is 5.91 Å².